The SMILES string of the molecule is COC=CC1CC2(CCCC2)OC1(COCc1ccccc1)C(=O)OC. The minimum absolute atomic E-state index is 0.135. The van der Waals surface area contributed by atoms with Gasteiger partial charge in [0.2, 0.25) is 0 Å². The maximum absolute atomic E-state index is 12.8. The number of carbonyl (C=O) groups is 1. The third-order valence-corrected chi connectivity index (χ3v) is 5.51. The fourth-order valence-electron chi connectivity index (χ4n) is 4.25. The van der Waals surface area contributed by atoms with Crippen LogP contribution in [0.3, 0.4) is 0 Å². The summed E-state index contributed by atoms with van der Waals surface area (Å²) in [6.07, 6.45) is 8.53. The van der Waals surface area contributed by atoms with Crippen molar-refractivity contribution < 1.29 is 23.7 Å². The van der Waals surface area contributed by atoms with E-state index in [1.54, 1.807) is 13.4 Å². The maximum Gasteiger partial charge on any atom is 0.341 e. The number of hydrogen-bond acceptors (Lipinski definition) is 5. The van der Waals surface area contributed by atoms with Crippen LogP contribution >= 0.6 is 0 Å². The lowest BCUT2D eigenvalue weighted by molar-refractivity contribution is -0.191. The third-order valence-electron chi connectivity index (χ3n) is 5.51. The van der Waals surface area contributed by atoms with E-state index in [4.69, 9.17) is 18.9 Å². The Bertz CT molecular complexity index is 621. The summed E-state index contributed by atoms with van der Waals surface area (Å²) in [5.41, 5.74) is -0.319. The standard InChI is InChI=1S/C21H28O5/c1-23-13-10-18-14-20(11-6-7-12-20)26-21(18,19(22)24-2)16-25-15-17-8-4-3-5-9-17/h3-5,8-10,13,18H,6-7,11-12,14-16H2,1-2H3. The molecule has 2 unspecified atom stereocenters. The second-order valence-corrected chi connectivity index (χ2v) is 7.23. The fraction of sp³-hybridized carbons (Fsp3) is 0.571. The van der Waals surface area contributed by atoms with Crippen molar-refractivity contribution in [3.63, 3.8) is 0 Å². The van der Waals surface area contributed by atoms with Crippen molar-refractivity contribution in [2.24, 2.45) is 5.92 Å². The zero-order valence-corrected chi connectivity index (χ0v) is 15.6. The van der Waals surface area contributed by atoms with Gasteiger partial charge in [0.25, 0.3) is 0 Å². The first-order valence-electron chi connectivity index (χ1n) is 9.24. The molecule has 2 aliphatic rings. The summed E-state index contributed by atoms with van der Waals surface area (Å²) in [5, 5.41) is 0. The van der Waals surface area contributed by atoms with Crippen LogP contribution in [0.4, 0.5) is 0 Å². The Morgan fingerprint density at radius 3 is 2.62 bits per heavy atom. The minimum atomic E-state index is -1.12. The molecule has 5 nitrogen and oxygen atoms in total. The van der Waals surface area contributed by atoms with Gasteiger partial charge in [-0.25, -0.2) is 4.79 Å². The molecule has 0 radical (unpaired) electrons. The molecule has 0 N–H and O–H groups in total. The first-order chi connectivity index (χ1) is 12.6. The van der Waals surface area contributed by atoms with Crippen molar-refractivity contribution in [3.8, 4) is 0 Å². The third kappa shape index (κ3) is 3.79. The molecule has 1 heterocycles. The van der Waals surface area contributed by atoms with E-state index in [0.29, 0.717) is 6.61 Å². The van der Waals surface area contributed by atoms with E-state index in [9.17, 15) is 4.79 Å². The van der Waals surface area contributed by atoms with E-state index < -0.39 is 5.60 Å². The van der Waals surface area contributed by atoms with E-state index in [2.05, 4.69) is 0 Å². The number of methoxy groups -OCH3 is 2. The predicted octanol–water partition coefficient (Wildman–Crippen LogP) is 3.62. The van der Waals surface area contributed by atoms with Crippen molar-refractivity contribution in [1.82, 2.24) is 0 Å². The molecule has 0 amide bonds. The van der Waals surface area contributed by atoms with Gasteiger partial charge >= 0.3 is 5.97 Å². The predicted molar refractivity (Wildman–Crippen MR) is 97.4 cm³/mol. The van der Waals surface area contributed by atoms with Gasteiger partial charge in [-0.3, -0.25) is 0 Å². The monoisotopic (exact) mass is 360 g/mol. The molecular weight excluding hydrogens is 332 g/mol. The Morgan fingerprint density at radius 2 is 1.96 bits per heavy atom. The highest BCUT2D eigenvalue weighted by Crippen LogP contribution is 2.51. The van der Waals surface area contributed by atoms with Crippen molar-refractivity contribution >= 4 is 5.97 Å². The summed E-state index contributed by atoms with van der Waals surface area (Å²) in [7, 11) is 3.00. The van der Waals surface area contributed by atoms with E-state index in [1.807, 2.05) is 36.4 Å². The van der Waals surface area contributed by atoms with E-state index >= 15 is 0 Å². The Labute approximate surface area is 155 Å². The van der Waals surface area contributed by atoms with Crippen LogP contribution in [0.15, 0.2) is 42.7 Å². The number of carbonyl (C=O) groups excluding carboxylic acids is 1. The van der Waals surface area contributed by atoms with Gasteiger partial charge in [-0.2, -0.15) is 0 Å². The molecule has 142 valence electrons. The van der Waals surface area contributed by atoms with Gasteiger partial charge in [0.1, 0.15) is 0 Å². The van der Waals surface area contributed by atoms with Crippen LogP contribution in [0.1, 0.15) is 37.7 Å². The molecular formula is C21H28O5. The molecule has 1 aromatic rings. The highest BCUT2D eigenvalue weighted by atomic mass is 16.6. The van der Waals surface area contributed by atoms with Crippen LogP contribution < -0.4 is 0 Å². The molecule has 2 atom stereocenters. The first kappa shape index (κ1) is 18.9. The fourth-order valence-corrected chi connectivity index (χ4v) is 4.25. The zero-order valence-electron chi connectivity index (χ0n) is 15.6. The summed E-state index contributed by atoms with van der Waals surface area (Å²) >= 11 is 0. The van der Waals surface area contributed by atoms with Crippen LogP contribution in [-0.4, -0.2) is 38.0 Å². The number of rotatable bonds is 7. The molecule has 5 heteroatoms. The van der Waals surface area contributed by atoms with Gasteiger partial charge in [0, 0.05) is 5.92 Å². The summed E-state index contributed by atoms with van der Waals surface area (Å²) in [6.45, 7) is 0.589. The summed E-state index contributed by atoms with van der Waals surface area (Å²) in [5.74, 6) is -0.510. The zero-order chi connectivity index (χ0) is 18.5. The molecule has 1 saturated carbocycles. The van der Waals surface area contributed by atoms with Crippen LogP contribution in [0, 0.1) is 5.92 Å². The summed E-state index contributed by atoms with van der Waals surface area (Å²) < 4.78 is 22.7. The largest absolute Gasteiger partial charge is 0.505 e. The molecule has 1 aliphatic heterocycles. The maximum atomic E-state index is 12.8. The van der Waals surface area contributed by atoms with Crippen molar-refractivity contribution in [2.75, 3.05) is 20.8 Å². The number of ether oxygens (including phenoxy) is 4. The summed E-state index contributed by atoms with van der Waals surface area (Å²) in [4.78, 5) is 12.8. The van der Waals surface area contributed by atoms with Gasteiger partial charge in [-0.1, -0.05) is 43.2 Å². The Balaban J connectivity index is 1.80. The van der Waals surface area contributed by atoms with Crippen LogP contribution in [0.5, 0.6) is 0 Å². The quantitative estimate of drug-likeness (QED) is 0.549. The topological polar surface area (TPSA) is 54.0 Å². The van der Waals surface area contributed by atoms with Crippen LogP contribution in [-0.2, 0) is 30.3 Å². The minimum Gasteiger partial charge on any atom is -0.505 e. The van der Waals surface area contributed by atoms with E-state index in [0.717, 1.165) is 37.7 Å². The van der Waals surface area contributed by atoms with E-state index in [-0.39, 0.29) is 24.1 Å². The van der Waals surface area contributed by atoms with Crippen LogP contribution in [0.25, 0.3) is 0 Å². The molecule has 3 rings (SSSR count). The van der Waals surface area contributed by atoms with Gasteiger partial charge in [-0.05, 0) is 30.9 Å². The number of esters is 1. The van der Waals surface area contributed by atoms with Gasteiger partial charge in [-0.15, -0.1) is 0 Å². The Hall–Kier alpha value is -1.85. The molecule has 0 aromatic heterocycles. The Morgan fingerprint density at radius 1 is 1.23 bits per heavy atom. The smallest absolute Gasteiger partial charge is 0.341 e. The highest BCUT2D eigenvalue weighted by Gasteiger charge is 2.60. The number of hydrogen-bond donors (Lipinski definition) is 0. The van der Waals surface area contributed by atoms with Gasteiger partial charge < -0.3 is 18.9 Å². The van der Waals surface area contributed by atoms with Gasteiger partial charge in [0.05, 0.1) is 39.3 Å². The molecule has 1 aromatic carbocycles. The second kappa shape index (κ2) is 8.23. The molecule has 1 spiro atoms. The molecule has 26 heavy (non-hydrogen) atoms. The van der Waals surface area contributed by atoms with Crippen LogP contribution in [0.2, 0.25) is 0 Å². The van der Waals surface area contributed by atoms with E-state index in [1.165, 1.54) is 7.11 Å². The Kier molecular flexibility index (Phi) is 5.99. The molecule has 1 saturated heterocycles. The lowest BCUT2D eigenvalue weighted by Crippen LogP contribution is -2.50. The average molecular weight is 360 g/mol. The second-order valence-electron chi connectivity index (χ2n) is 7.23. The first-order valence-corrected chi connectivity index (χ1v) is 9.24. The normalized spacial score (nSPS) is 27.2. The highest BCUT2D eigenvalue weighted by molar-refractivity contribution is 5.81. The molecule has 2 fully saturated rings. The summed E-state index contributed by atoms with van der Waals surface area (Å²) in [6, 6.07) is 9.91. The van der Waals surface area contributed by atoms with Crippen molar-refractivity contribution in [1.29, 1.82) is 0 Å². The lowest BCUT2D eigenvalue weighted by atomic mass is 9.83. The molecule has 0 bridgehead atoms. The number of benzene rings is 1. The lowest BCUT2D eigenvalue weighted by Gasteiger charge is -2.32. The van der Waals surface area contributed by atoms with Crippen molar-refractivity contribution in [2.45, 2.75) is 49.9 Å². The van der Waals surface area contributed by atoms with Gasteiger partial charge in [0.15, 0.2) is 5.60 Å². The molecule has 1 aliphatic carbocycles. The van der Waals surface area contributed by atoms with Crippen molar-refractivity contribution in [3.05, 3.63) is 48.2 Å². The average Bonchev–Trinajstić information content (AvgIpc) is 3.25.